The molecule has 0 saturated heterocycles. The lowest BCUT2D eigenvalue weighted by Crippen LogP contribution is -2.46. The third-order valence-corrected chi connectivity index (χ3v) is 2.87. The fourth-order valence-corrected chi connectivity index (χ4v) is 1.77. The minimum Gasteiger partial charge on any atom is -0.480 e. The van der Waals surface area contributed by atoms with Gasteiger partial charge in [-0.15, -0.1) is 0 Å². The van der Waals surface area contributed by atoms with Crippen LogP contribution in [0.15, 0.2) is 18.7 Å². The highest BCUT2D eigenvalue weighted by Gasteiger charge is 2.18. The molecule has 1 aromatic heterocycles. The molecule has 1 aromatic rings. The maximum Gasteiger partial charge on any atom is 0.323 e. The van der Waals surface area contributed by atoms with Gasteiger partial charge in [0.25, 0.3) is 0 Å². The SMILES string of the molecule is CC(C)N(CC(=O)O)C(=O)NCCCCn1ccnc1. The van der Waals surface area contributed by atoms with Crippen LogP contribution in [0.5, 0.6) is 0 Å². The topological polar surface area (TPSA) is 87.5 Å². The molecule has 2 amide bonds. The van der Waals surface area contributed by atoms with Crippen LogP contribution in [0.2, 0.25) is 0 Å². The number of nitrogens with zero attached hydrogens (tertiary/aromatic N) is 3. The molecular formula is C13H22N4O3. The van der Waals surface area contributed by atoms with Crippen molar-refractivity contribution in [3.05, 3.63) is 18.7 Å². The van der Waals surface area contributed by atoms with E-state index in [9.17, 15) is 9.59 Å². The Bertz CT molecular complexity index is 417. The second-order valence-electron chi connectivity index (χ2n) is 4.85. The monoisotopic (exact) mass is 282 g/mol. The second-order valence-corrected chi connectivity index (χ2v) is 4.85. The first-order chi connectivity index (χ1) is 9.50. The van der Waals surface area contributed by atoms with Crippen molar-refractivity contribution in [2.45, 2.75) is 39.3 Å². The van der Waals surface area contributed by atoms with Crippen LogP contribution in [0.4, 0.5) is 4.79 Å². The van der Waals surface area contributed by atoms with Crippen LogP contribution >= 0.6 is 0 Å². The summed E-state index contributed by atoms with van der Waals surface area (Å²) in [7, 11) is 0. The molecule has 0 radical (unpaired) electrons. The Morgan fingerprint density at radius 3 is 2.70 bits per heavy atom. The Hall–Kier alpha value is -2.05. The third-order valence-electron chi connectivity index (χ3n) is 2.87. The van der Waals surface area contributed by atoms with Gasteiger partial charge in [-0.25, -0.2) is 9.78 Å². The predicted molar refractivity (Wildman–Crippen MR) is 74.3 cm³/mol. The number of carboxylic acids is 1. The zero-order valence-electron chi connectivity index (χ0n) is 12.0. The third kappa shape index (κ3) is 5.73. The zero-order chi connectivity index (χ0) is 15.0. The molecule has 20 heavy (non-hydrogen) atoms. The van der Waals surface area contributed by atoms with E-state index in [1.807, 2.05) is 10.8 Å². The Morgan fingerprint density at radius 2 is 2.15 bits per heavy atom. The molecule has 7 heteroatoms. The van der Waals surface area contributed by atoms with Gasteiger partial charge in [0.15, 0.2) is 0 Å². The molecule has 0 spiro atoms. The molecule has 0 aliphatic carbocycles. The fraction of sp³-hybridized carbons (Fsp3) is 0.615. The standard InChI is InChI=1S/C13H22N4O3/c1-11(2)17(9-12(18)19)13(20)15-5-3-4-7-16-8-6-14-10-16/h6,8,10-11H,3-5,7,9H2,1-2H3,(H,15,20)(H,18,19). The molecule has 0 aromatic carbocycles. The van der Waals surface area contributed by atoms with Gasteiger partial charge in [0.2, 0.25) is 0 Å². The van der Waals surface area contributed by atoms with Crippen LogP contribution in [0.25, 0.3) is 0 Å². The summed E-state index contributed by atoms with van der Waals surface area (Å²) < 4.78 is 1.98. The maximum atomic E-state index is 11.8. The van der Waals surface area contributed by atoms with Crippen LogP contribution < -0.4 is 5.32 Å². The van der Waals surface area contributed by atoms with Crippen molar-refractivity contribution in [2.24, 2.45) is 0 Å². The Balaban J connectivity index is 2.22. The molecule has 7 nitrogen and oxygen atoms in total. The number of amides is 2. The number of unbranched alkanes of at least 4 members (excludes halogenated alkanes) is 1. The van der Waals surface area contributed by atoms with Crippen LogP contribution in [0, 0.1) is 0 Å². The summed E-state index contributed by atoms with van der Waals surface area (Å²) in [6.45, 7) is 4.71. The van der Waals surface area contributed by atoms with E-state index in [4.69, 9.17) is 5.11 Å². The predicted octanol–water partition coefficient (Wildman–Crippen LogP) is 1.17. The molecule has 2 N–H and O–H groups in total. The molecule has 112 valence electrons. The lowest BCUT2D eigenvalue weighted by atomic mass is 10.3. The molecule has 1 rings (SSSR count). The van der Waals surface area contributed by atoms with Crippen molar-refractivity contribution >= 4 is 12.0 Å². The van der Waals surface area contributed by atoms with Gasteiger partial charge in [0.05, 0.1) is 6.33 Å². The number of nitrogens with one attached hydrogen (secondary N) is 1. The Morgan fingerprint density at radius 1 is 1.40 bits per heavy atom. The quantitative estimate of drug-likeness (QED) is 0.701. The number of rotatable bonds is 8. The summed E-state index contributed by atoms with van der Waals surface area (Å²) in [5.74, 6) is -1.01. The number of carboxylic acid groups (broad SMARTS) is 1. The van der Waals surface area contributed by atoms with Crippen molar-refractivity contribution in [1.29, 1.82) is 0 Å². The van der Waals surface area contributed by atoms with Crippen LogP contribution in [0.1, 0.15) is 26.7 Å². The molecule has 1 heterocycles. The molecule has 0 aliphatic heterocycles. The highest BCUT2D eigenvalue weighted by Crippen LogP contribution is 1.99. The number of aryl methyl sites for hydroxylation is 1. The Kier molecular flexibility index (Phi) is 6.55. The van der Waals surface area contributed by atoms with E-state index in [-0.39, 0.29) is 18.6 Å². The van der Waals surface area contributed by atoms with Crippen LogP contribution in [0.3, 0.4) is 0 Å². The van der Waals surface area contributed by atoms with Crippen molar-refractivity contribution in [1.82, 2.24) is 19.8 Å². The average molecular weight is 282 g/mol. The first-order valence-corrected chi connectivity index (χ1v) is 6.72. The normalized spacial score (nSPS) is 10.6. The molecule has 0 aliphatic rings. The summed E-state index contributed by atoms with van der Waals surface area (Å²) in [6.07, 6.45) is 7.15. The van der Waals surface area contributed by atoms with Gasteiger partial charge in [0.1, 0.15) is 6.54 Å². The minimum atomic E-state index is -1.01. The molecule has 0 unspecified atom stereocenters. The molecule has 0 saturated carbocycles. The molecule has 0 bridgehead atoms. The summed E-state index contributed by atoms with van der Waals surface area (Å²) in [5.41, 5.74) is 0. The lowest BCUT2D eigenvalue weighted by Gasteiger charge is -2.25. The first kappa shape index (κ1) is 16.0. The maximum absolute atomic E-state index is 11.8. The van der Waals surface area contributed by atoms with Gasteiger partial charge < -0.3 is 19.9 Å². The number of urea groups is 1. The van der Waals surface area contributed by atoms with Gasteiger partial charge in [0, 0.05) is 31.5 Å². The van der Waals surface area contributed by atoms with Crippen molar-refractivity contribution in [3.63, 3.8) is 0 Å². The number of imidazole rings is 1. The van der Waals surface area contributed by atoms with E-state index in [1.54, 1.807) is 26.4 Å². The number of carbonyl (C=O) groups excluding carboxylic acids is 1. The minimum absolute atomic E-state index is 0.142. The van der Waals surface area contributed by atoms with Crippen molar-refractivity contribution in [3.8, 4) is 0 Å². The summed E-state index contributed by atoms with van der Waals surface area (Å²) in [4.78, 5) is 27.8. The zero-order valence-corrected chi connectivity index (χ0v) is 12.0. The number of aromatic nitrogens is 2. The summed E-state index contributed by atoms with van der Waals surface area (Å²) >= 11 is 0. The first-order valence-electron chi connectivity index (χ1n) is 6.72. The average Bonchev–Trinajstić information content (AvgIpc) is 2.87. The van der Waals surface area contributed by atoms with E-state index in [0.29, 0.717) is 6.54 Å². The number of aliphatic carboxylic acids is 1. The van der Waals surface area contributed by atoms with E-state index >= 15 is 0 Å². The van der Waals surface area contributed by atoms with E-state index in [2.05, 4.69) is 10.3 Å². The lowest BCUT2D eigenvalue weighted by molar-refractivity contribution is -0.138. The summed E-state index contributed by atoms with van der Waals surface area (Å²) in [6, 6.07) is -0.470. The van der Waals surface area contributed by atoms with Crippen LogP contribution in [-0.2, 0) is 11.3 Å². The van der Waals surface area contributed by atoms with Gasteiger partial charge in [-0.05, 0) is 26.7 Å². The largest absolute Gasteiger partial charge is 0.480 e. The summed E-state index contributed by atoms with van der Waals surface area (Å²) in [5, 5.41) is 11.5. The van der Waals surface area contributed by atoms with Gasteiger partial charge in [-0.3, -0.25) is 4.79 Å². The van der Waals surface area contributed by atoms with E-state index in [0.717, 1.165) is 19.4 Å². The fourth-order valence-electron chi connectivity index (χ4n) is 1.77. The van der Waals surface area contributed by atoms with Gasteiger partial charge in [-0.1, -0.05) is 0 Å². The second kappa shape index (κ2) is 8.19. The van der Waals surface area contributed by atoms with E-state index < -0.39 is 5.97 Å². The molecular weight excluding hydrogens is 260 g/mol. The number of carbonyl (C=O) groups is 2. The van der Waals surface area contributed by atoms with Crippen LogP contribution in [-0.4, -0.2) is 50.7 Å². The number of hydrogen-bond acceptors (Lipinski definition) is 3. The Labute approximate surface area is 118 Å². The molecule has 0 fully saturated rings. The smallest absolute Gasteiger partial charge is 0.323 e. The number of hydrogen-bond donors (Lipinski definition) is 2. The van der Waals surface area contributed by atoms with Gasteiger partial charge in [-0.2, -0.15) is 0 Å². The van der Waals surface area contributed by atoms with Gasteiger partial charge >= 0.3 is 12.0 Å². The van der Waals surface area contributed by atoms with E-state index in [1.165, 1.54) is 4.90 Å². The highest BCUT2D eigenvalue weighted by molar-refractivity contribution is 5.80. The highest BCUT2D eigenvalue weighted by atomic mass is 16.4. The van der Waals surface area contributed by atoms with Crippen molar-refractivity contribution < 1.29 is 14.7 Å². The molecule has 0 atom stereocenters. The van der Waals surface area contributed by atoms with Crippen molar-refractivity contribution in [2.75, 3.05) is 13.1 Å².